The van der Waals surface area contributed by atoms with Crippen molar-refractivity contribution in [2.24, 2.45) is 5.41 Å². The van der Waals surface area contributed by atoms with Gasteiger partial charge >= 0.3 is 5.97 Å². The molecule has 0 spiro atoms. The molecule has 0 bridgehead atoms. The largest absolute Gasteiger partial charge is 0.481 e. The molecule has 0 aliphatic carbocycles. The lowest BCUT2D eigenvalue weighted by Crippen LogP contribution is -2.58. The number of amides is 3. The van der Waals surface area contributed by atoms with Crippen LogP contribution >= 0.6 is 0 Å². The zero-order valence-corrected chi connectivity index (χ0v) is 24.8. The van der Waals surface area contributed by atoms with Gasteiger partial charge in [0.05, 0.1) is 17.7 Å². The highest BCUT2D eigenvalue weighted by molar-refractivity contribution is 5.93. The fourth-order valence-corrected chi connectivity index (χ4v) is 4.95. The average Bonchev–Trinajstić information content (AvgIpc) is 3.27. The van der Waals surface area contributed by atoms with E-state index in [1.165, 1.54) is 4.90 Å². The van der Waals surface area contributed by atoms with Crippen LogP contribution in [0.4, 0.5) is 0 Å². The molecule has 1 fully saturated rings. The van der Waals surface area contributed by atoms with Crippen molar-refractivity contribution in [2.75, 3.05) is 6.54 Å². The summed E-state index contributed by atoms with van der Waals surface area (Å²) in [5.74, 6) is 0.378. The summed E-state index contributed by atoms with van der Waals surface area (Å²) in [7, 11) is 0. The minimum absolute atomic E-state index is 0.0212. The van der Waals surface area contributed by atoms with E-state index in [9.17, 15) is 29.4 Å². The Morgan fingerprint density at radius 1 is 1.00 bits per heavy atom. The molecule has 4 atom stereocenters. The molecule has 0 unspecified atom stereocenters. The van der Waals surface area contributed by atoms with Gasteiger partial charge in [-0.25, -0.2) is 0 Å². The van der Waals surface area contributed by atoms with Crippen molar-refractivity contribution in [2.45, 2.75) is 109 Å². The predicted molar refractivity (Wildman–Crippen MR) is 154 cm³/mol. The summed E-state index contributed by atoms with van der Waals surface area (Å²) in [5.41, 5.74) is -0.755. The van der Waals surface area contributed by atoms with E-state index in [2.05, 4.69) is 16.6 Å². The number of terminal acetylenes is 1. The summed E-state index contributed by atoms with van der Waals surface area (Å²) < 4.78 is 0. The summed E-state index contributed by atoms with van der Waals surface area (Å²) in [6.07, 6.45) is 7.32. The highest BCUT2D eigenvalue weighted by Crippen LogP contribution is 2.29. The number of carboxylic acids is 1. The van der Waals surface area contributed by atoms with E-state index >= 15 is 0 Å². The van der Waals surface area contributed by atoms with Gasteiger partial charge in [-0.3, -0.25) is 19.2 Å². The smallest absolute Gasteiger partial charge is 0.303 e. The van der Waals surface area contributed by atoms with Gasteiger partial charge in [0.25, 0.3) is 0 Å². The third-order valence-electron chi connectivity index (χ3n) is 7.23. The normalized spacial score (nSPS) is 18.7. The summed E-state index contributed by atoms with van der Waals surface area (Å²) in [5, 5.41) is 35.7. The number of carboxylic acid groups (broad SMARTS) is 1. The van der Waals surface area contributed by atoms with E-state index < -0.39 is 53.0 Å². The van der Waals surface area contributed by atoms with Gasteiger partial charge in [0.15, 0.2) is 0 Å². The Kier molecular flexibility index (Phi) is 11.9. The second-order valence-corrected chi connectivity index (χ2v) is 12.4. The third kappa shape index (κ3) is 10.2. The molecular weight excluding hydrogens is 526 g/mol. The number of nitrogens with zero attached hydrogens (tertiary/aromatic N) is 1. The number of rotatable bonds is 13. The fraction of sp³-hybridized carbons (Fsp3) is 0.613. The maximum Gasteiger partial charge on any atom is 0.303 e. The van der Waals surface area contributed by atoms with E-state index in [0.29, 0.717) is 36.8 Å². The molecule has 10 heteroatoms. The topological polar surface area (TPSA) is 156 Å². The summed E-state index contributed by atoms with van der Waals surface area (Å²) in [4.78, 5) is 52.0. The van der Waals surface area contributed by atoms with Gasteiger partial charge in [0.2, 0.25) is 17.7 Å². The lowest BCUT2D eigenvalue weighted by atomic mass is 9.85. The Hall–Kier alpha value is -3.42. The first-order valence-electron chi connectivity index (χ1n) is 14.1. The Balaban J connectivity index is 2.15. The number of aliphatic hydroxyl groups is 2. The van der Waals surface area contributed by atoms with Crippen LogP contribution in [0.5, 0.6) is 0 Å². The second-order valence-electron chi connectivity index (χ2n) is 12.4. The highest BCUT2D eigenvalue weighted by atomic mass is 16.4. The van der Waals surface area contributed by atoms with Crippen molar-refractivity contribution < 1.29 is 34.5 Å². The monoisotopic (exact) mass is 571 g/mol. The molecule has 0 radical (unpaired) electrons. The fourth-order valence-electron chi connectivity index (χ4n) is 4.95. The standard InChI is InChI=1S/C31H45N3O7/c1-7-20-14-16-21(17-15-20)26(31(5,6)41)33-28(39)23-18-22(35)19-34(23)29(40)27(30(2,3)4)32-24(36)12-10-8-9-11-13-25(37)38/h1,14-17,22-23,26-27,35,41H,8-13,18-19H2,2-6H3,(H,32,36)(H,33,39)(H,37,38)/t22-,23+,26-,27-/m1/s1. The molecule has 0 saturated carbocycles. The summed E-state index contributed by atoms with van der Waals surface area (Å²) in [6, 6.07) is 4.12. The number of nitrogens with one attached hydrogen (secondary N) is 2. The van der Waals surface area contributed by atoms with Crippen LogP contribution < -0.4 is 10.6 Å². The lowest BCUT2D eigenvalue weighted by molar-refractivity contribution is -0.144. The van der Waals surface area contributed by atoms with Crippen LogP contribution in [-0.2, 0) is 19.2 Å². The number of β-amino-alcohol motifs (C(OH)–C–C–N with tert-alkyl or cyclic N) is 1. The highest BCUT2D eigenvalue weighted by Gasteiger charge is 2.45. The third-order valence-corrected chi connectivity index (χ3v) is 7.23. The van der Waals surface area contributed by atoms with E-state index in [4.69, 9.17) is 11.5 Å². The van der Waals surface area contributed by atoms with Crippen molar-refractivity contribution in [3.05, 3.63) is 35.4 Å². The van der Waals surface area contributed by atoms with Gasteiger partial charge in [0, 0.05) is 31.4 Å². The molecule has 1 saturated heterocycles. The second kappa shape index (κ2) is 14.5. The van der Waals surface area contributed by atoms with E-state index in [-0.39, 0.29) is 31.7 Å². The number of unbranched alkanes of at least 4 members (excludes halogenated alkanes) is 3. The van der Waals surface area contributed by atoms with Crippen LogP contribution in [-0.4, -0.2) is 74.2 Å². The molecule has 0 aromatic heterocycles. The zero-order valence-electron chi connectivity index (χ0n) is 24.8. The molecule has 41 heavy (non-hydrogen) atoms. The van der Waals surface area contributed by atoms with E-state index in [1.54, 1.807) is 38.1 Å². The number of benzene rings is 1. The molecule has 1 heterocycles. The van der Waals surface area contributed by atoms with Gasteiger partial charge in [-0.2, -0.15) is 0 Å². The maximum absolute atomic E-state index is 13.8. The predicted octanol–water partition coefficient (Wildman–Crippen LogP) is 2.51. The molecular formula is C31H45N3O7. The van der Waals surface area contributed by atoms with Crippen molar-refractivity contribution >= 4 is 23.7 Å². The summed E-state index contributed by atoms with van der Waals surface area (Å²) >= 11 is 0. The molecule has 1 aliphatic rings. The Bertz CT molecular complexity index is 1110. The number of likely N-dealkylation sites (tertiary alicyclic amines) is 1. The summed E-state index contributed by atoms with van der Waals surface area (Å²) in [6.45, 7) is 8.51. The molecule has 226 valence electrons. The van der Waals surface area contributed by atoms with Crippen LogP contribution in [0.15, 0.2) is 24.3 Å². The number of aliphatic hydroxyl groups excluding tert-OH is 1. The van der Waals surface area contributed by atoms with Crippen molar-refractivity contribution in [3.8, 4) is 12.3 Å². The number of carbonyl (C=O) groups is 4. The van der Waals surface area contributed by atoms with Crippen LogP contribution in [0, 0.1) is 17.8 Å². The first kappa shape index (κ1) is 33.8. The molecule has 10 nitrogen and oxygen atoms in total. The first-order chi connectivity index (χ1) is 19.0. The van der Waals surface area contributed by atoms with Crippen LogP contribution in [0.3, 0.4) is 0 Å². The minimum Gasteiger partial charge on any atom is -0.481 e. The van der Waals surface area contributed by atoms with Crippen LogP contribution in [0.25, 0.3) is 0 Å². The Morgan fingerprint density at radius 3 is 2.10 bits per heavy atom. The molecule has 2 rings (SSSR count). The van der Waals surface area contributed by atoms with Crippen LogP contribution in [0.1, 0.15) is 96.7 Å². The molecule has 1 aliphatic heterocycles. The Labute approximate surface area is 242 Å². The molecule has 1 aromatic rings. The first-order valence-corrected chi connectivity index (χ1v) is 14.1. The zero-order chi connectivity index (χ0) is 31.0. The minimum atomic E-state index is -1.35. The quantitative estimate of drug-likeness (QED) is 0.180. The average molecular weight is 572 g/mol. The molecule has 3 amide bonds. The van der Waals surface area contributed by atoms with E-state index in [0.717, 1.165) is 0 Å². The van der Waals surface area contributed by atoms with Crippen LogP contribution in [0.2, 0.25) is 0 Å². The number of aliphatic carboxylic acids is 1. The lowest BCUT2D eigenvalue weighted by Gasteiger charge is -2.36. The van der Waals surface area contributed by atoms with Crippen molar-refractivity contribution in [1.82, 2.24) is 15.5 Å². The van der Waals surface area contributed by atoms with Gasteiger partial charge < -0.3 is 30.9 Å². The van der Waals surface area contributed by atoms with E-state index in [1.807, 2.05) is 20.8 Å². The molecule has 5 N–H and O–H groups in total. The Morgan fingerprint density at radius 2 is 1.59 bits per heavy atom. The maximum atomic E-state index is 13.8. The SMILES string of the molecule is C#Cc1ccc([C@@H](NC(=O)[C@@H]2C[C@@H](O)CN2C(=O)[C@@H](NC(=O)CCCCCCC(=O)O)C(C)(C)C)C(C)(C)O)cc1. The van der Waals surface area contributed by atoms with Gasteiger partial charge in [0.1, 0.15) is 12.1 Å². The van der Waals surface area contributed by atoms with Crippen molar-refractivity contribution in [3.63, 3.8) is 0 Å². The van der Waals surface area contributed by atoms with Gasteiger partial charge in [-0.15, -0.1) is 6.42 Å². The van der Waals surface area contributed by atoms with Crippen molar-refractivity contribution in [1.29, 1.82) is 0 Å². The van der Waals surface area contributed by atoms with Gasteiger partial charge in [-0.1, -0.05) is 51.7 Å². The molecule has 1 aromatic carbocycles. The number of hydrogen-bond acceptors (Lipinski definition) is 6. The van der Waals surface area contributed by atoms with Gasteiger partial charge in [-0.05, 0) is 49.8 Å². The number of hydrogen-bond donors (Lipinski definition) is 5. The number of carbonyl (C=O) groups excluding carboxylic acids is 3.